The van der Waals surface area contributed by atoms with Gasteiger partial charge in [0, 0.05) is 16.1 Å². The minimum atomic E-state index is -0.0384. The van der Waals surface area contributed by atoms with Gasteiger partial charge in [0.25, 0.3) is 5.91 Å². The molecule has 0 bridgehead atoms. The van der Waals surface area contributed by atoms with Crippen molar-refractivity contribution in [1.29, 1.82) is 0 Å². The van der Waals surface area contributed by atoms with Gasteiger partial charge in [-0.25, -0.2) is 0 Å². The Hall–Kier alpha value is -2.52. The number of carbonyl (C=O) groups is 1. The number of hydrogen-bond donors (Lipinski definition) is 0. The zero-order valence-electron chi connectivity index (χ0n) is 12.4. The summed E-state index contributed by atoms with van der Waals surface area (Å²) in [6.07, 6.45) is 0. The van der Waals surface area contributed by atoms with Crippen LogP contribution in [0.4, 0.5) is 5.69 Å². The Labute approximate surface area is 139 Å². The predicted molar refractivity (Wildman–Crippen MR) is 94.7 cm³/mol. The lowest BCUT2D eigenvalue weighted by atomic mass is 10.1. The van der Waals surface area contributed by atoms with Gasteiger partial charge in [0.15, 0.2) is 0 Å². The molecule has 1 unspecified atom stereocenters. The average Bonchev–Trinajstić information content (AvgIpc) is 2.89. The standard InChI is InChI=1S/C20H15NOS/c22-19-17-13-7-8-14-18(17)20(23-16-11-5-2-6-12-16)21(19)15-9-3-1-4-10-15/h1-14,20H. The van der Waals surface area contributed by atoms with Crippen LogP contribution in [0.2, 0.25) is 0 Å². The van der Waals surface area contributed by atoms with E-state index in [1.807, 2.05) is 71.6 Å². The van der Waals surface area contributed by atoms with Crippen molar-refractivity contribution in [3.05, 3.63) is 96.1 Å². The highest BCUT2D eigenvalue weighted by atomic mass is 32.2. The second-order valence-corrected chi connectivity index (χ2v) is 6.53. The Bertz CT molecular complexity index is 833. The Morgan fingerprint density at radius 1 is 0.739 bits per heavy atom. The molecule has 23 heavy (non-hydrogen) atoms. The lowest BCUT2D eigenvalue weighted by Crippen LogP contribution is -2.26. The van der Waals surface area contributed by atoms with E-state index in [1.165, 1.54) is 0 Å². The van der Waals surface area contributed by atoms with Crippen LogP contribution in [0.3, 0.4) is 0 Å². The summed E-state index contributed by atoms with van der Waals surface area (Å²) in [5, 5.41) is -0.0384. The molecule has 0 fully saturated rings. The molecule has 1 amide bonds. The van der Waals surface area contributed by atoms with Crippen LogP contribution >= 0.6 is 11.8 Å². The maximum Gasteiger partial charge on any atom is 0.259 e. The zero-order valence-corrected chi connectivity index (χ0v) is 13.2. The molecule has 0 N–H and O–H groups in total. The molecular weight excluding hydrogens is 302 g/mol. The van der Waals surface area contributed by atoms with E-state index >= 15 is 0 Å². The van der Waals surface area contributed by atoms with Crippen LogP contribution in [0.15, 0.2) is 89.8 Å². The third kappa shape index (κ3) is 2.53. The second-order valence-electron chi connectivity index (χ2n) is 5.38. The molecule has 0 radical (unpaired) electrons. The molecule has 4 rings (SSSR count). The maximum absolute atomic E-state index is 12.9. The lowest BCUT2D eigenvalue weighted by Gasteiger charge is -2.25. The van der Waals surface area contributed by atoms with Gasteiger partial charge in [0.1, 0.15) is 5.37 Å². The highest BCUT2D eigenvalue weighted by Gasteiger charge is 2.37. The number of anilines is 1. The minimum absolute atomic E-state index is 0.0384. The van der Waals surface area contributed by atoms with Crippen molar-refractivity contribution in [1.82, 2.24) is 0 Å². The number of thioether (sulfide) groups is 1. The number of rotatable bonds is 3. The first-order chi connectivity index (χ1) is 11.3. The van der Waals surface area contributed by atoms with Gasteiger partial charge in [0.2, 0.25) is 0 Å². The van der Waals surface area contributed by atoms with Crippen molar-refractivity contribution < 1.29 is 4.79 Å². The van der Waals surface area contributed by atoms with E-state index in [1.54, 1.807) is 11.8 Å². The molecule has 3 aromatic carbocycles. The number of nitrogens with zero attached hydrogens (tertiary/aromatic N) is 1. The first kappa shape index (κ1) is 14.1. The van der Waals surface area contributed by atoms with Gasteiger partial charge >= 0.3 is 0 Å². The summed E-state index contributed by atoms with van der Waals surface area (Å²) < 4.78 is 0. The zero-order chi connectivity index (χ0) is 15.6. The van der Waals surface area contributed by atoms with Gasteiger partial charge in [-0.15, -0.1) is 0 Å². The smallest absolute Gasteiger partial charge is 0.259 e. The van der Waals surface area contributed by atoms with Gasteiger partial charge in [-0.05, 0) is 35.9 Å². The third-order valence-corrected chi connectivity index (χ3v) is 5.17. The number of amides is 1. The van der Waals surface area contributed by atoms with E-state index in [2.05, 4.69) is 18.2 Å². The summed E-state index contributed by atoms with van der Waals surface area (Å²) in [7, 11) is 0. The molecule has 0 saturated carbocycles. The van der Waals surface area contributed by atoms with Crippen molar-refractivity contribution in [2.75, 3.05) is 4.90 Å². The fraction of sp³-hybridized carbons (Fsp3) is 0.0500. The van der Waals surface area contributed by atoms with Crippen molar-refractivity contribution in [3.8, 4) is 0 Å². The molecule has 0 aromatic heterocycles. The van der Waals surface area contributed by atoms with Gasteiger partial charge in [-0.2, -0.15) is 0 Å². The summed E-state index contributed by atoms with van der Waals surface area (Å²) >= 11 is 1.71. The Morgan fingerprint density at radius 2 is 1.35 bits per heavy atom. The van der Waals surface area contributed by atoms with E-state index in [0.717, 1.165) is 21.7 Å². The maximum atomic E-state index is 12.9. The van der Waals surface area contributed by atoms with Crippen LogP contribution in [-0.4, -0.2) is 5.91 Å². The lowest BCUT2D eigenvalue weighted by molar-refractivity contribution is 0.0996. The SMILES string of the molecule is O=C1c2ccccc2C(Sc2ccccc2)N1c1ccccc1. The molecule has 0 aliphatic carbocycles. The Balaban J connectivity index is 1.79. The molecular formula is C20H15NOS. The minimum Gasteiger partial charge on any atom is -0.291 e. The van der Waals surface area contributed by atoms with Gasteiger partial charge < -0.3 is 0 Å². The van der Waals surface area contributed by atoms with Crippen LogP contribution in [0.25, 0.3) is 0 Å². The molecule has 0 saturated heterocycles. The van der Waals surface area contributed by atoms with Gasteiger partial charge in [0.05, 0.1) is 0 Å². The van der Waals surface area contributed by atoms with E-state index in [9.17, 15) is 4.79 Å². The number of hydrogen-bond acceptors (Lipinski definition) is 2. The fourth-order valence-electron chi connectivity index (χ4n) is 2.87. The summed E-state index contributed by atoms with van der Waals surface area (Å²) in [4.78, 5) is 16.0. The Kier molecular flexibility index (Phi) is 3.64. The molecule has 0 spiro atoms. The van der Waals surface area contributed by atoms with Crippen LogP contribution in [0.1, 0.15) is 21.3 Å². The van der Waals surface area contributed by atoms with Crippen LogP contribution in [0.5, 0.6) is 0 Å². The molecule has 1 aliphatic heterocycles. The number of fused-ring (bicyclic) bond motifs is 1. The molecule has 2 nitrogen and oxygen atoms in total. The largest absolute Gasteiger partial charge is 0.291 e. The molecule has 112 valence electrons. The predicted octanol–water partition coefficient (Wildman–Crippen LogP) is 5.14. The number of benzene rings is 3. The summed E-state index contributed by atoms with van der Waals surface area (Å²) in [6.45, 7) is 0. The molecule has 1 aliphatic rings. The van der Waals surface area contributed by atoms with Crippen LogP contribution < -0.4 is 4.90 Å². The van der Waals surface area contributed by atoms with E-state index in [0.29, 0.717) is 0 Å². The topological polar surface area (TPSA) is 20.3 Å². The molecule has 3 heteroatoms. The van der Waals surface area contributed by atoms with Crippen molar-refractivity contribution in [2.24, 2.45) is 0 Å². The number of carbonyl (C=O) groups excluding carboxylic acids is 1. The van der Waals surface area contributed by atoms with Crippen molar-refractivity contribution >= 4 is 23.4 Å². The second kappa shape index (κ2) is 5.94. The first-order valence-corrected chi connectivity index (χ1v) is 8.42. The molecule has 1 heterocycles. The normalized spacial score (nSPS) is 16.4. The van der Waals surface area contributed by atoms with Gasteiger partial charge in [-0.3, -0.25) is 9.69 Å². The van der Waals surface area contributed by atoms with E-state index in [4.69, 9.17) is 0 Å². The molecule has 3 aromatic rings. The monoisotopic (exact) mass is 317 g/mol. The first-order valence-electron chi connectivity index (χ1n) is 7.54. The van der Waals surface area contributed by atoms with Gasteiger partial charge in [-0.1, -0.05) is 66.4 Å². The summed E-state index contributed by atoms with van der Waals surface area (Å²) in [5.74, 6) is 0.0697. The summed E-state index contributed by atoms with van der Waals surface area (Å²) in [5.41, 5.74) is 2.81. The Morgan fingerprint density at radius 3 is 2.09 bits per heavy atom. The highest BCUT2D eigenvalue weighted by molar-refractivity contribution is 7.99. The highest BCUT2D eigenvalue weighted by Crippen LogP contribution is 2.46. The summed E-state index contributed by atoms with van der Waals surface area (Å²) in [6, 6.07) is 28.0. The van der Waals surface area contributed by atoms with Crippen molar-refractivity contribution in [2.45, 2.75) is 10.3 Å². The van der Waals surface area contributed by atoms with Crippen LogP contribution in [-0.2, 0) is 0 Å². The average molecular weight is 317 g/mol. The quantitative estimate of drug-likeness (QED) is 0.667. The fourth-order valence-corrected chi connectivity index (χ4v) is 4.10. The van der Waals surface area contributed by atoms with E-state index < -0.39 is 0 Å². The van der Waals surface area contributed by atoms with Crippen molar-refractivity contribution in [3.63, 3.8) is 0 Å². The van der Waals surface area contributed by atoms with Crippen LogP contribution in [0, 0.1) is 0 Å². The molecule has 1 atom stereocenters. The van der Waals surface area contributed by atoms with E-state index in [-0.39, 0.29) is 11.3 Å². The number of para-hydroxylation sites is 1. The third-order valence-electron chi connectivity index (χ3n) is 3.94.